The van der Waals surface area contributed by atoms with Gasteiger partial charge in [-0.05, 0) is 65.1 Å². The van der Waals surface area contributed by atoms with E-state index in [4.69, 9.17) is 4.74 Å². The lowest BCUT2D eigenvalue weighted by Crippen LogP contribution is -2.38. The summed E-state index contributed by atoms with van der Waals surface area (Å²) in [4.78, 5) is 2.60. The minimum Gasteiger partial charge on any atom is -0.381 e. The average molecular weight is 282 g/mol. The van der Waals surface area contributed by atoms with Crippen molar-refractivity contribution in [2.45, 2.75) is 82.4 Å². The molecule has 118 valence electrons. The van der Waals surface area contributed by atoms with Crippen molar-refractivity contribution in [3.05, 3.63) is 0 Å². The molecule has 2 aliphatic carbocycles. The van der Waals surface area contributed by atoms with Crippen LogP contribution in [-0.2, 0) is 4.74 Å². The fourth-order valence-electron chi connectivity index (χ4n) is 3.84. The highest BCUT2D eigenvalue weighted by molar-refractivity contribution is 4.78. The Hall–Kier alpha value is -0.120. The Bertz CT molecular complexity index is 245. The fraction of sp³-hybridized carbons (Fsp3) is 1.00. The Balaban J connectivity index is 1.51. The van der Waals surface area contributed by atoms with Crippen molar-refractivity contribution in [3.8, 4) is 0 Å². The second-order valence-corrected chi connectivity index (χ2v) is 6.79. The number of ether oxygens (including phenoxy) is 1. The normalized spacial score (nSPS) is 28.9. The molecule has 3 heteroatoms. The van der Waals surface area contributed by atoms with Crippen molar-refractivity contribution in [3.63, 3.8) is 0 Å². The van der Waals surface area contributed by atoms with Gasteiger partial charge in [0, 0.05) is 19.2 Å². The summed E-state index contributed by atoms with van der Waals surface area (Å²) in [6, 6.07) is 1.60. The van der Waals surface area contributed by atoms with E-state index in [0.29, 0.717) is 6.10 Å². The number of hydrogen-bond donors (Lipinski definition) is 1. The van der Waals surface area contributed by atoms with Crippen molar-refractivity contribution < 1.29 is 4.74 Å². The second kappa shape index (κ2) is 9.01. The monoisotopic (exact) mass is 282 g/mol. The quantitative estimate of drug-likeness (QED) is 0.726. The molecule has 0 aliphatic heterocycles. The van der Waals surface area contributed by atoms with Crippen LogP contribution in [0.4, 0.5) is 0 Å². The molecular formula is C17H34N2O. The molecule has 1 N–H and O–H groups in total. The molecule has 0 bridgehead atoms. The molecule has 20 heavy (non-hydrogen) atoms. The van der Waals surface area contributed by atoms with Gasteiger partial charge in [-0.1, -0.05) is 19.3 Å². The molecule has 0 aromatic rings. The van der Waals surface area contributed by atoms with Crippen LogP contribution in [0.2, 0.25) is 0 Å². The van der Waals surface area contributed by atoms with Crippen LogP contribution < -0.4 is 5.32 Å². The zero-order chi connectivity index (χ0) is 14.2. The first kappa shape index (κ1) is 16.3. The number of nitrogens with one attached hydrogen (secondary N) is 1. The molecule has 0 saturated heterocycles. The lowest BCUT2D eigenvalue weighted by molar-refractivity contribution is 0.0624. The summed E-state index contributed by atoms with van der Waals surface area (Å²) in [5, 5.41) is 3.74. The van der Waals surface area contributed by atoms with Crippen LogP contribution in [0.3, 0.4) is 0 Å². The molecule has 0 spiro atoms. The zero-order valence-electron chi connectivity index (χ0n) is 13.6. The third kappa shape index (κ3) is 5.34. The van der Waals surface area contributed by atoms with Gasteiger partial charge < -0.3 is 15.0 Å². The van der Waals surface area contributed by atoms with Crippen molar-refractivity contribution in [1.29, 1.82) is 0 Å². The lowest BCUT2D eigenvalue weighted by atomic mass is 9.93. The predicted molar refractivity (Wildman–Crippen MR) is 85.2 cm³/mol. The Morgan fingerprint density at radius 3 is 2.35 bits per heavy atom. The Kier molecular flexibility index (Phi) is 7.32. The van der Waals surface area contributed by atoms with E-state index in [-0.39, 0.29) is 0 Å². The smallest absolute Gasteiger partial charge is 0.0572 e. The van der Waals surface area contributed by atoms with Gasteiger partial charge >= 0.3 is 0 Å². The van der Waals surface area contributed by atoms with E-state index >= 15 is 0 Å². The maximum Gasteiger partial charge on any atom is 0.0572 e. The van der Waals surface area contributed by atoms with Gasteiger partial charge in [-0.2, -0.15) is 0 Å². The molecule has 0 aromatic heterocycles. The Morgan fingerprint density at radius 2 is 1.70 bits per heavy atom. The van der Waals surface area contributed by atoms with Crippen LogP contribution in [0.5, 0.6) is 0 Å². The number of methoxy groups -OCH3 is 1. The summed E-state index contributed by atoms with van der Waals surface area (Å²) in [5.74, 6) is 0. The molecule has 0 heterocycles. The average Bonchev–Trinajstić information content (AvgIpc) is 2.53. The summed E-state index contributed by atoms with van der Waals surface area (Å²) in [6.07, 6.45) is 14.0. The topological polar surface area (TPSA) is 24.5 Å². The highest BCUT2D eigenvalue weighted by atomic mass is 16.5. The van der Waals surface area contributed by atoms with Crippen LogP contribution in [-0.4, -0.2) is 50.3 Å². The van der Waals surface area contributed by atoms with E-state index in [1.807, 2.05) is 7.11 Å². The first-order valence-electron chi connectivity index (χ1n) is 8.76. The standard InChI is InChI=1S/C17H34N2O/c1-19(16-7-4-3-5-8-16)14-6-13-18-15-9-11-17(20-2)12-10-15/h15-18H,3-14H2,1-2H3. The third-order valence-electron chi connectivity index (χ3n) is 5.33. The molecular weight excluding hydrogens is 248 g/mol. The minimum absolute atomic E-state index is 0.519. The van der Waals surface area contributed by atoms with E-state index in [0.717, 1.165) is 12.1 Å². The van der Waals surface area contributed by atoms with Crippen LogP contribution in [0.25, 0.3) is 0 Å². The molecule has 2 fully saturated rings. The van der Waals surface area contributed by atoms with Gasteiger partial charge in [0.05, 0.1) is 6.10 Å². The number of hydrogen-bond acceptors (Lipinski definition) is 3. The first-order valence-corrected chi connectivity index (χ1v) is 8.76. The number of nitrogens with zero attached hydrogens (tertiary/aromatic N) is 1. The highest BCUT2D eigenvalue weighted by Crippen LogP contribution is 2.22. The zero-order valence-corrected chi connectivity index (χ0v) is 13.6. The van der Waals surface area contributed by atoms with Gasteiger partial charge in [-0.25, -0.2) is 0 Å². The maximum absolute atomic E-state index is 5.43. The van der Waals surface area contributed by atoms with Gasteiger partial charge in [0.25, 0.3) is 0 Å². The minimum atomic E-state index is 0.519. The van der Waals surface area contributed by atoms with Crippen molar-refractivity contribution in [2.24, 2.45) is 0 Å². The van der Waals surface area contributed by atoms with Crippen molar-refractivity contribution in [2.75, 3.05) is 27.2 Å². The summed E-state index contributed by atoms with van der Waals surface area (Å²) in [6.45, 7) is 2.43. The van der Waals surface area contributed by atoms with Gasteiger partial charge in [-0.3, -0.25) is 0 Å². The fourth-order valence-corrected chi connectivity index (χ4v) is 3.84. The number of rotatable bonds is 7. The van der Waals surface area contributed by atoms with Crippen LogP contribution >= 0.6 is 0 Å². The summed E-state index contributed by atoms with van der Waals surface area (Å²) >= 11 is 0. The highest BCUT2D eigenvalue weighted by Gasteiger charge is 2.20. The van der Waals surface area contributed by atoms with E-state index < -0.39 is 0 Å². The molecule has 0 radical (unpaired) electrons. The van der Waals surface area contributed by atoms with E-state index in [2.05, 4.69) is 17.3 Å². The van der Waals surface area contributed by atoms with Gasteiger partial charge in [-0.15, -0.1) is 0 Å². The van der Waals surface area contributed by atoms with E-state index in [9.17, 15) is 0 Å². The molecule has 2 rings (SSSR count). The van der Waals surface area contributed by atoms with Gasteiger partial charge in [0.2, 0.25) is 0 Å². The Labute approximate surface area is 125 Å². The Morgan fingerprint density at radius 1 is 1.00 bits per heavy atom. The van der Waals surface area contributed by atoms with Gasteiger partial charge in [0.1, 0.15) is 0 Å². The molecule has 2 aliphatic rings. The SMILES string of the molecule is COC1CCC(NCCCN(C)C2CCCCC2)CC1. The van der Waals surface area contributed by atoms with Crippen LogP contribution in [0.1, 0.15) is 64.2 Å². The summed E-state index contributed by atoms with van der Waals surface area (Å²) in [5.41, 5.74) is 0. The third-order valence-corrected chi connectivity index (χ3v) is 5.33. The van der Waals surface area contributed by atoms with Crippen LogP contribution in [0, 0.1) is 0 Å². The van der Waals surface area contributed by atoms with Crippen LogP contribution in [0.15, 0.2) is 0 Å². The molecule has 0 amide bonds. The second-order valence-electron chi connectivity index (χ2n) is 6.79. The molecule has 3 nitrogen and oxygen atoms in total. The maximum atomic E-state index is 5.43. The van der Waals surface area contributed by atoms with Crippen molar-refractivity contribution in [1.82, 2.24) is 10.2 Å². The summed E-state index contributed by atoms with van der Waals surface area (Å²) in [7, 11) is 4.17. The summed E-state index contributed by atoms with van der Waals surface area (Å²) < 4.78 is 5.43. The van der Waals surface area contributed by atoms with Crippen molar-refractivity contribution >= 4 is 0 Å². The predicted octanol–water partition coefficient (Wildman–Crippen LogP) is 3.19. The lowest BCUT2D eigenvalue weighted by Gasteiger charge is -2.32. The molecule has 0 atom stereocenters. The molecule has 0 aromatic carbocycles. The largest absolute Gasteiger partial charge is 0.381 e. The van der Waals surface area contributed by atoms with Gasteiger partial charge in [0.15, 0.2) is 0 Å². The van der Waals surface area contributed by atoms with E-state index in [1.54, 1.807) is 0 Å². The molecule has 0 unspecified atom stereocenters. The van der Waals surface area contributed by atoms with E-state index in [1.165, 1.54) is 77.3 Å². The molecule has 2 saturated carbocycles. The first-order chi connectivity index (χ1) is 9.79.